The standard InChI is InChI=1S/C13H22O/c1-10(2)5-11(3)7-12(4)8-13(14,6-10)9(11)12/h9,14H,5-8H2,1-4H3. The van der Waals surface area contributed by atoms with Crippen molar-refractivity contribution in [1.82, 2.24) is 0 Å². The lowest BCUT2D eigenvalue weighted by Gasteiger charge is -2.79. The largest absolute Gasteiger partial charge is 0.390 e. The monoisotopic (exact) mass is 194 g/mol. The van der Waals surface area contributed by atoms with Crippen LogP contribution in [-0.4, -0.2) is 10.7 Å². The predicted molar refractivity (Wildman–Crippen MR) is 56.9 cm³/mol. The molecular formula is C13H22O. The van der Waals surface area contributed by atoms with Crippen molar-refractivity contribution in [2.45, 2.75) is 59.0 Å². The van der Waals surface area contributed by atoms with Crippen molar-refractivity contribution in [1.29, 1.82) is 0 Å². The summed E-state index contributed by atoms with van der Waals surface area (Å²) in [6.45, 7) is 9.40. The van der Waals surface area contributed by atoms with E-state index < -0.39 is 0 Å². The SMILES string of the molecule is CC1(C)CC2(C)CC3(C)CC(O)(C1)C23. The van der Waals surface area contributed by atoms with Gasteiger partial charge in [0.05, 0.1) is 5.60 Å². The molecule has 0 radical (unpaired) electrons. The van der Waals surface area contributed by atoms with E-state index in [0.717, 1.165) is 12.8 Å². The van der Waals surface area contributed by atoms with Crippen LogP contribution in [0.1, 0.15) is 53.4 Å². The molecule has 1 nitrogen and oxygen atoms in total. The number of hydrogen-bond donors (Lipinski definition) is 1. The van der Waals surface area contributed by atoms with Gasteiger partial charge in [-0.05, 0) is 47.8 Å². The summed E-state index contributed by atoms with van der Waals surface area (Å²) in [5.74, 6) is 0.607. The zero-order valence-electron chi connectivity index (χ0n) is 9.85. The average molecular weight is 194 g/mol. The fourth-order valence-electron chi connectivity index (χ4n) is 6.28. The molecule has 3 aliphatic carbocycles. The topological polar surface area (TPSA) is 20.2 Å². The first-order valence-electron chi connectivity index (χ1n) is 5.92. The van der Waals surface area contributed by atoms with Gasteiger partial charge in [-0.1, -0.05) is 27.7 Å². The van der Waals surface area contributed by atoms with E-state index in [1.54, 1.807) is 0 Å². The maximum absolute atomic E-state index is 10.6. The van der Waals surface area contributed by atoms with Crippen LogP contribution >= 0.6 is 0 Å². The number of rotatable bonds is 0. The molecule has 1 N–H and O–H groups in total. The van der Waals surface area contributed by atoms with Gasteiger partial charge in [-0.3, -0.25) is 0 Å². The molecular weight excluding hydrogens is 172 g/mol. The van der Waals surface area contributed by atoms with Crippen molar-refractivity contribution in [3.8, 4) is 0 Å². The van der Waals surface area contributed by atoms with Gasteiger partial charge in [-0.15, -0.1) is 0 Å². The van der Waals surface area contributed by atoms with E-state index in [9.17, 15) is 5.11 Å². The Bertz CT molecular complexity index is 282. The Morgan fingerprint density at radius 2 is 1.43 bits per heavy atom. The van der Waals surface area contributed by atoms with Gasteiger partial charge in [0.1, 0.15) is 0 Å². The average Bonchev–Trinajstić information content (AvgIpc) is 1.72. The van der Waals surface area contributed by atoms with Crippen molar-refractivity contribution >= 4 is 0 Å². The molecule has 0 aliphatic heterocycles. The highest BCUT2D eigenvalue weighted by molar-refractivity contribution is 5.26. The minimum Gasteiger partial charge on any atom is -0.390 e. The van der Waals surface area contributed by atoms with Gasteiger partial charge in [-0.2, -0.15) is 0 Å². The highest BCUT2D eigenvalue weighted by atomic mass is 16.3. The van der Waals surface area contributed by atoms with Gasteiger partial charge in [0.15, 0.2) is 0 Å². The lowest BCUT2D eigenvalue weighted by atomic mass is 9.27. The van der Waals surface area contributed by atoms with Crippen molar-refractivity contribution in [3.05, 3.63) is 0 Å². The number of hydrogen-bond acceptors (Lipinski definition) is 1. The quantitative estimate of drug-likeness (QED) is 0.628. The van der Waals surface area contributed by atoms with Crippen LogP contribution in [0.15, 0.2) is 0 Å². The summed E-state index contributed by atoms with van der Waals surface area (Å²) in [7, 11) is 0. The summed E-state index contributed by atoms with van der Waals surface area (Å²) in [5, 5.41) is 10.6. The summed E-state index contributed by atoms with van der Waals surface area (Å²) < 4.78 is 0. The zero-order valence-corrected chi connectivity index (χ0v) is 9.85. The van der Waals surface area contributed by atoms with Crippen LogP contribution in [0, 0.1) is 22.2 Å². The van der Waals surface area contributed by atoms with Crippen LogP contribution in [0.25, 0.3) is 0 Å². The van der Waals surface area contributed by atoms with Crippen LogP contribution in [0.2, 0.25) is 0 Å². The van der Waals surface area contributed by atoms with E-state index in [2.05, 4.69) is 27.7 Å². The molecule has 80 valence electrons. The molecule has 1 heteroatoms. The van der Waals surface area contributed by atoms with Crippen LogP contribution in [0.4, 0.5) is 0 Å². The van der Waals surface area contributed by atoms with Gasteiger partial charge in [0, 0.05) is 0 Å². The lowest BCUT2D eigenvalue weighted by Crippen LogP contribution is -2.77. The normalized spacial score (nSPS) is 63.6. The predicted octanol–water partition coefficient (Wildman–Crippen LogP) is 2.97. The van der Waals surface area contributed by atoms with E-state index in [-0.39, 0.29) is 5.60 Å². The van der Waals surface area contributed by atoms with Gasteiger partial charge in [0.25, 0.3) is 0 Å². The third-order valence-electron chi connectivity index (χ3n) is 5.12. The summed E-state index contributed by atoms with van der Waals surface area (Å²) >= 11 is 0. The Morgan fingerprint density at radius 1 is 0.857 bits per heavy atom. The first-order chi connectivity index (χ1) is 6.19. The summed E-state index contributed by atoms with van der Waals surface area (Å²) in [6.07, 6.45) is 4.73. The molecule has 0 saturated heterocycles. The first-order valence-corrected chi connectivity index (χ1v) is 5.92. The van der Waals surface area contributed by atoms with E-state index >= 15 is 0 Å². The first kappa shape index (κ1) is 9.21. The van der Waals surface area contributed by atoms with E-state index in [1.165, 1.54) is 12.8 Å². The van der Waals surface area contributed by atoms with E-state index in [1.807, 2.05) is 0 Å². The Labute approximate surface area is 86.9 Å². The van der Waals surface area contributed by atoms with Gasteiger partial charge >= 0.3 is 0 Å². The van der Waals surface area contributed by atoms with Crippen molar-refractivity contribution in [2.24, 2.45) is 22.2 Å². The molecule has 0 aromatic heterocycles. The fraction of sp³-hybridized carbons (Fsp3) is 1.00. The third kappa shape index (κ3) is 0.816. The minimum atomic E-state index is -0.302. The zero-order chi connectivity index (χ0) is 10.4. The molecule has 14 heavy (non-hydrogen) atoms. The molecule has 0 aromatic rings. The molecule has 0 heterocycles. The van der Waals surface area contributed by atoms with Gasteiger partial charge < -0.3 is 5.11 Å². The second kappa shape index (κ2) is 1.93. The smallest absolute Gasteiger partial charge is 0.0696 e. The summed E-state index contributed by atoms with van der Waals surface area (Å²) in [6, 6.07) is 0. The van der Waals surface area contributed by atoms with Gasteiger partial charge in [-0.25, -0.2) is 0 Å². The van der Waals surface area contributed by atoms with Crippen LogP contribution in [-0.2, 0) is 0 Å². The molecule has 0 bridgehead atoms. The Kier molecular flexibility index (Phi) is 1.27. The summed E-state index contributed by atoms with van der Waals surface area (Å²) in [4.78, 5) is 0. The van der Waals surface area contributed by atoms with Crippen molar-refractivity contribution in [3.63, 3.8) is 0 Å². The van der Waals surface area contributed by atoms with Crippen LogP contribution in [0.3, 0.4) is 0 Å². The molecule has 0 amide bonds. The second-order valence-electron chi connectivity index (χ2n) is 7.72. The lowest BCUT2D eigenvalue weighted by molar-refractivity contribution is -0.350. The summed E-state index contributed by atoms with van der Waals surface area (Å²) in [5.41, 5.74) is 0.995. The van der Waals surface area contributed by atoms with Gasteiger partial charge in [0.2, 0.25) is 0 Å². The fourth-order valence-corrected chi connectivity index (χ4v) is 6.28. The maximum atomic E-state index is 10.6. The number of aliphatic hydroxyl groups is 1. The Hall–Kier alpha value is -0.0400. The Morgan fingerprint density at radius 3 is 1.93 bits per heavy atom. The third-order valence-corrected chi connectivity index (χ3v) is 5.12. The molecule has 3 aliphatic rings. The Balaban J connectivity index is 1.98. The van der Waals surface area contributed by atoms with Crippen LogP contribution < -0.4 is 0 Å². The minimum absolute atomic E-state index is 0.302. The molecule has 0 spiro atoms. The second-order valence-corrected chi connectivity index (χ2v) is 7.72. The van der Waals surface area contributed by atoms with Crippen LogP contribution in [0.5, 0.6) is 0 Å². The van der Waals surface area contributed by atoms with Crippen molar-refractivity contribution < 1.29 is 5.11 Å². The molecule has 4 unspecified atom stereocenters. The highest BCUT2D eigenvalue weighted by Gasteiger charge is 2.77. The van der Waals surface area contributed by atoms with E-state index in [0.29, 0.717) is 22.2 Å². The molecule has 0 aromatic carbocycles. The van der Waals surface area contributed by atoms with Crippen molar-refractivity contribution in [2.75, 3.05) is 0 Å². The maximum Gasteiger partial charge on any atom is 0.0696 e. The highest BCUT2D eigenvalue weighted by Crippen LogP contribution is 2.80. The molecule has 4 atom stereocenters. The van der Waals surface area contributed by atoms with E-state index in [4.69, 9.17) is 0 Å². The molecule has 3 saturated carbocycles. The molecule has 3 rings (SSSR count). The molecule has 3 fully saturated rings.